The van der Waals surface area contributed by atoms with Gasteiger partial charge in [-0.05, 0) is 42.0 Å². The highest BCUT2D eigenvalue weighted by Gasteiger charge is 2.28. The highest BCUT2D eigenvalue weighted by molar-refractivity contribution is 7.23. The number of hydrogen-bond donors (Lipinski definition) is 1. The molecule has 158 valence electrons. The zero-order valence-corrected chi connectivity index (χ0v) is 19.7. The quantitative estimate of drug-likeness (QED) is 0.518. The Labute approximate surface area is 192 Å². The van der Waals surface area contributed by atoms with Crippen LogP contribution in [-0.2, 0) is 29.0 Å². The molecule has 0 spiro atoms. The van der Waals surface area contributed by atoms with Gasteiger partial charge in [0.05, 0.1) is 21.3 Å². The third kappa shape index (κ3) is 4.94. The number of rotatable bonds is 7. The van der Waals surface area contributed by atoms with Crippen molar-refractivity contribution in [3.05, 3.63) is 49.4 Å². The zero-order chi connectivity index (χ0) is 21.1. The molecule has 1 atom stereocenters. The fourth-order valence-corrected chi connectivity index (χ4v) is 6.37. The summed E-state index contributed by atoms with van der Waals surface area (Å²) in [6, 6.07) is 5.38. The average Bonchev–Trinajstić information content (AvgIpc) is 3.47. The van der Waals surface area contributed by atoms with Crippen molar-refractivity contribution >= 4 is 57.4 Å². The van der Waals surface area contributed by atoms with E-state index in [1.54, 1.807) is 11.3 Å². The number of nitrogens with zero attached hydrogens (tertiary/aromatic N) is 2. The van der Waals surface area contributed by atoms with Crippen LogP contribution in [0.3, 0.4) is 0 Å². The van der Waals surface area contributed by atoms with Crippen LogP contribution in [0, 0.1) is 0 Å². The fourth-order valence-electron chi connectivity index (χ4n) is 3.54. The summed E-state index contributed by atoms with van der Waals surface area (Å²) < 4.78 is 0.715. The number of thiazole rings is 1. The minimum absolute atomic E-state index is 0.00856. The first-order valence-electron chi connectivity index (χ1n) is 9.87. The molecule has 3 aromatic rings. The highest BCUT2D eigenvalue weighted by atomic mass is 35.5. The summed E-state index contributed by atoms with van der Waals surface area (Å²) in [5.41, 5.74) is 1.94. The number of amides is 2. The second kappa shape index (κ2) is 9.60. The molecule has 0 bridgehead atoms. The molecule has 1 N–H and O–H groups in total. The van der Waals surface area contributed by atoms with E-state index in [0.29, 0.717) is 29.5 Å². The summed E-state index contributed by atoms with van der Waals surface area (Å²) >= 11 is 10.7. The number of aromatic nitrogens is 1. The van der Waals surface area contributed by atoms with Crippen molar-refractivity contribution < 1.29 is 9.59 Å². The van der Waals surface area contributed by atoms with E-state index in [1.807, 2.05) is 29.3 Å². The minimum atomic E-state index is -0.489. The maximum absolute atomic E-state index is 13.1. The molecule has 3 aromatic heterocycles. The monoisotopic (exact) mass is 479 g/mol. The van der Waals surface area contributed by atoms with Crippen LogP contribution in [0.2, 0.25) is 4.34 Å². The van der Waals surface area contributed by atoms with Crippen LogP contribution in [0.5, 0.6) is 0 Å². The van der Waals surface area contributed by atoms with Crippen LogP contribution in [0.1, 0.15) is 35.9 Å². The number of carbonyl (C=O) groups excluding carboxylic acids is 2. The van der Waals surface area contributed by atoms with Crippen LogP contribution >= 0.6 is 45.6 Å². The molecule has 4 heterocycles. The van der Waals surface area contributed by atoms with Crippen LogP contribution < -0.4 is 5.32 Å². The second-order valence-corrected chi connectivity index (χ2v) is 10.8. The van der Waals surface area contributed by atoms with Crippen LogP contribution in [0.4, 0.5) is 0 Å². The third-order valence-corrected chi connectivity index (χ3v) is 8.32. The van der Waals surface area contributed by atoms with E-state index in [0.717, 1.165) is 22.7 Å². The van der Waals surface area contributed by atoms with Crippen molar-refractivity contribution in [2.45, 2.75) is 45.2 Å². The first-order valence-corrected chi connectivity index (χ1v) is 12.8. The lowest BCUT2D eigenvalue weighted by Gasteiger charge is -2.30. The Kier molecular flexibility index (Phi) is 6.87. The maximum atomic E-state index is 13.1. The average molecular weight is 480 g/mol. The van der Waals surface area contributed by atoms with Gasteiger partial charge < -0.3 is 10.2 Å². The molecular weight excluding hydrogens is 458 g/mol. The van der Waals surface area contributed by atoms with Gasteiger partial charge in [-0.15, -0.1) is 34.0 Å². The van der Waals surface area contributed by atoms with Gasteiger partial charge in [-0.3, -0.25) is 9.59 Å². The summed E-state index contributed by atoms with van der Waals surface area (Å²) in [5, 5.41) is 7.78. The first-order chi connectivity index (χ1) is 14.5. The highest BCUT2D eigenvalue weighted by Crippen LogP contribution is 2.33. The molecule has 0 aromatic carbocycles. The SMILES string of the molecule is CCCC(NC(=O)Cc1csc(-c2ccc(Cl)s2)n1)C(=O)N1CCc2sccc2C1. The maximum Gasteiger partial charge on any atom is 0.245 e. The second-order valence-electron chi connectivity index (χ2n) is 7.21. The lowest BCUT2D eigenvalue weighted by atomic mass is 10.1. The van der Waals surface area contributed by atoms with Gasteiger partial charge in [0, 0.05) is 23.3 Å². The van der Waals surface area contributed by atoms with Crippen molar-refractivity contribution in [3.8, 4) is 9.88 Å². The minimum Gasteiger partial charge on any atom is -0.344 e. The smallest absolute Gasteiger partial charge is 0.245 e. The predicted molar refractivity (Wildman–Crippen MR) is 124 cm³/mol. The molecule has 9 heteroatoms. The molecule has 5 nitrogen and oxygen atoms in total. The predicted octanol–water partition coefficient (Wildman–Crippen LogP) is 5.00. The lowest BCUT2D eigenvalue weighted by Crippen LogP contribution is -2.50. The normalized spacial score (nSPS) is 14.4. The molecule has 0 aliphatic carbocycles. The van der Waals surface area contributed by atoms with E-state index in [4.69, 9.17) is 11.6 Å². The standard InChI is InChI=1S/C21H22ClN3O2S3/c1-2-3-15(21(27)25-8-6-16-13(11-25)7-9-28-16)24-19(26)10-14-12-29-20(23-14)17-4-5-18(22)30-17/h4-5,7,9,12,15H,2-3,6,8,10-11H2,1H3,(H,24,26). The summed E-state index contributed by atoms with van der Waals surface area (Å²) in [6.45, 7) is 3.37. The molecule has 0 saturated carbocycles. The van der Waals surface area contributed by atoms with Crippen molar-refractivity contribution in [2.75, 3.05) is 6.54 Å². The lowest BCUT2D eigenvalue weighted by molar-refractivity contribution is -0.137. The number of nitrogens with one attached hydrogen (secondary N) is 1. The van der Waals surface area contributed by atoms with Gasteiger partial charge in [-0.2, -0.15) is 0 Å². The molecule has 0 radical (unpaired) electrons. The van der Waals surface area contributed by atoms with Crippen molar-refractivity contribution in [1.82, 2.24) is 15.2 Å². The van der Waals surface area contributed by atoms with Gasteiger partial charge in [0.1, 0.15) is 11.0 Å². The number of fused-ring (bicyclic) bond motifs is 1. The Bertz CT molecular complexity index is 1040. The fraction of sp³-hybridized carbons (Fsp3) is 0.381. The zero-order valence-electron chi connectivity index (χ0n) is 16.5. The van der Waals surface area contributed by atoms with E-state index < -0.39 is 6.04 Å². The van der Waals surface area contributed by atoms with Gasteiger partial charge >= 0.3 is 0 Å². The van der Waals surface area contributed by atoms with E-state index in [2.05, 4.69) is 21.7 Å². The molecule has 0 fully saturated rings. The molecule has 0 saturated heterocycles. The van der Waals surface area contributed by atoms with Crippen molar-refractivity contribution in [1.29, 1.82) is 0 Å². The Morgan fingerprint density at radius 2 is 2.17 bits per heavy atom. The molecule has 1 unspecified atom stereocenters. The molecule has 4 rings (SSSR count). The molecule has 2 amide bonds. The van der Waals surface area contributed by atoms with E-state index in [1.165, 1.54) is 33.1 Å². The number of hydrogen-bond acceptors (Lipinski definition) is 6. The Balaban J connectivity index is 1.37. The van der Waals surface area contributed by atoms with E-state index in [-0.39, 0.29) is 18.2 Å². The Morgan fingerprint density at radius 3 is 2.93 bits per heavy atom. The van der Waals surface area contributed by atoms with E-state index in [9.17, 15) is 9.59 Å². The topological polar surface area (TPSA) is 62.3 Å². The first kappa shape index (κ1) is 21.5. The van der Waals surface area contributed by atoms with Gasteiger partial charge in [-0.1, -0.05) is 24.9 Å². The summed E-state index contributed by atoms with van der Waals surface area (Å²) in [7, 11) is 0. The number of thiophene rings is 2. The van der Waals surface area contributed by atoms with E-state index >= 15 is 0 Å². The van der Waals surface area contributed by atoms with Crippen LogP contribution in [-0.4, -0.2) is 34.3 Å². The molecule has 1 aliphatic rings. The van der Waals surface area contributed by atoms with Crippen LogP contribution in [0.25, 0.3) is 9.88 Å². The Morgan fingerprint density at radius 1 is 1.30 bits per heavy atom. The van der Waals surface area contributed by atoms with Crippen LogP contribution in [0.15, 0.2) is 29.0 Å². The van der Waals surface area contributed by atoms with Gasteiger partial charge in [0.15, 0.2) is 0 Å². The Hall–Kier alpha value is -1.74. The van der Waals surface area contributed by atoms with Gasteiger partial charge in [0.25, 0.3) is 0 Å². The number of carbonyl (C=O) groups is 2. The summed E-state index contributed by atoms with van der Waals surface area (Å²) in [5.74, 6) is -0.162. The summed E-state index contributed by atoms with van der Waals surface area (Å²) in [4.78, 5) is 34.5. The molecule has 1 aliphatic heterocycles. The van der Waals surface area contributed by atoms with Gasteiger partial charge in [0.2, 0.25) is 11.8 Å². The largest absolute Gasteiger partial charge is 0.344 e. The summed E-state index contributed by atoms with van der Waals surface area (Å²) in [6.07, 6.45) is 2.51. The number of halogens is 1. The van der Waals surface area contributed by atoms with Crippen molar-refractivity contribution in [2.24, 2.45) is 0 Å². The van der Waals surface area contributed by atoms with Gasteiger partial charge in [-0.25, -0.2) is 4.98 Å². The molecular formula is C21H22ClN3O2S3. The third-order valence-electron chi connectivity index (χ3n) is 5.01. The van der Waals surface area contributed by atoms with Crippen molar-refractivity contribution in [3.63, 3.8) is 0 Å². The molecule has 30 heavy (non-hydrogen) atoms.